The fraction of sp³-hybridized carbons (Fsp3) is 0.429. The average molecular weight is 429 g/mol. The van der Waals surface area contributed by atoms with Gasteiger partial charge in [0, 0.05) is 36.2 Å². The lowest BCUT2D eigenvalue weighted by Gasteiger charge is -2.35. The van der Waals surface area contributed by atoms with Crippen LogP contribution in [-0.2, 0) is 11.3 Å². The van der Waals surface area contributed by atoms with E-state index >= 15 is 0 Å². The Labute approximate surface area is 179 Å². The Kier molecular flexibility index (Phi) is 5.51. The van der Waals surface area contributed by atoms with Gasteiger partial charge in [0.15, 0.2) is 5.82 Å². The lowest BCUT2D eigenvalue weighted by molar-refractivity contribution is -0.117. The number of hydrogen-bond donors (Lipinski definition) is 1. The van der Waals surface area contributed by atoms with Gasteiger partial charge in [0.1, 0.15) is 6.54 Å². The van der Waals surface area contributed by atoms with Crippen LogP contribution in [0.15, 0.2) is 35.4 Å². The van der Waals surface area contributed by atoms with Crippen LogP contribution in [0.3, 0.4) is 0 Å². The van der Waals surface area contributed by atoms with E-state index in [4.69, 9.17) is 11.6 Å². The molecule has 8 nitrogen and oxygen atoms in total. The fourth-order valence-corrected chi connectivity index (χ4v) is 4.29. The second kappa shape index (κ2) is 8.10. The van der Waals surface area contributed by atoms with E-state index in [1.54, 1.807) is 24.5 Å². The minimum atomic E-state index is -0.371. The van der Waals surface area contributed by atoms with Gasteiger partial charge in [-0.1, -0.05) is 31.5 Å². The van der Waals surface area contributed by atoms with Crippen molar-refractivity contribution in [3.05, 3.63) is 51.7 Å². The number of nitrogens with zero attached hydrogens (tertiary/aromatic N) is 5. The van der Waals surface area contributed by atoms with Crippen molar-refractivity contribution < 1.29 is 4.79 Å². The Hall–Kier alpha value is -2.87. The molecule has 0 aliphatic carbocycles. The molecule has 3 aromatic rings. The monoisotopic (exact) mass is 428 g/mol. The highest BCUT2D eigenvalue weighted by Crippen LogP contribution is 2.26. The van der Waals surface area contributed by atoms with Crippen molar-refractivity contribution in [3.8, 4) is 0 Å². The molecule has 0 saturated carbocycles. The highest BCUT2D eigenvalue weighted by atomic mass is 35.5. The van der Waals surface area contributed by atoms with E-state index in [1.807, 2.05) is 13.0 Å². The third kappa shape index (κ3) is 4.05. The minimum absolute atomic E-state index is 0.196. The molecule has 1 saturated heterocycles. The van der Waals surface area contributed by atoms with Gasteiger partial charge in [-0.3, -0.25) is 4.79 Å². The van der Waals surface area contributed by atoms with Gasteiger partial charge < -0.3 is 10.2 Å². The molecule has 0 bridgehead atoms. The van der Waals surface area contributed by atoms with E-state index in [2.05, 4.69) is 34.1 Å². The van der Waals surface area contributed by atoms with E-state index in [0.29, 0.717) is 34.0 Å². The molecular formula is C21H25ClN6O2. The van der Waals surface area contributed by atoms with Gasteiger partial charge in [-0.15, -0.1) is 5.10 Å². The predicted molar refractivity (Wildman–Crippen MR) is 117 cm³/mol. The molecule has 1 aromatic carbocycles. The van der Waals surface area contributed by atoms with Crippen LogP contribution in [0.5, 0.6) is 0 Å². The van der Waals surface area contributed by atoms with Crippen LogP contribution in [0.1, 0.15) is 25.8 Å². The van der Waals surface area contributed by atoms with Crippen LogP contribution in [0.2, 0.25) is 5.02 Å². The zero-order chi connectivity index (χ0) is 21.4. The van der Waals surface area contributed by atoms with Crippen LogP contribution in [0, 0.1) is 18.8 Å². The number of aromatic nitrogens is 4. The van der Waals surface area contributed by atoms with Crippen molar-refractivity contribution in [2.24, 2.45) is 11.8 Å². The summed E-state index contributed by atoms with van der Waals surface area (Å²) in [6.07, 6.45) is 4.36. The molecule has 0 radical (unpaired) electrons. The van der Waals surface area contributed by atoms with Crippen molar-refractivity contribution >= 4 is 34.7 Å². The highest BCUT2D eigenvalue weighted by Gasteiger charge is 2.25. The number of fused-ring (bicyclic) bond motifs is 1. The van der Waals surface area contributed by atoms with E-state index in [1.165, 1.54) is 15.5 Å². The molecule has 1 N–H and O–H groups in total. The maximum atomic E-state index is 12.8. The summed E-state index contributed by atoms with van der Waals surface area (Å²) in [6.45, 7) is 7.86. The molecule has 1 fully saturated rings. The van der Waals surface area contributed by atoms with Crippen molar-refractivity contribution in [1.29, 1.82) is 0 Å². The first kappa shape index (κ1) is 20.4. The summed E-state index contributed by atoms with van der Waals surface area (Å²) < 4.78 is 2.62. The van der Waals surface area contributed by atoms with Crippen molar-refractivity contribution in [2.45, 2.75) is 33.7 Å². The Morgan fingerprint density at radius 2 is 2.00 bits per heavy atom. The van der Waals surface area contributed by atoms with E-state index in [0.717, 1.165) is 18.7 Å². The smallest absolute Gasteiger partial charge is 0.350 e. The van der Waals surface area contributed by atoms with E-state index in [-0.39, 0.29) is 18.1 Å². The molecular weight excluding hydrogens is 404 g/mol. The number of carbonyl (C=O) groups excluding carboxylic acids is 1. The van der Waals surface area contributed by atoms with Gasteiger partial charge in [0.2, 0.25) is 11.6 Å². The minimum Gasteiger partial charge on any atom is -0.353 e. The van der Waals surface area contributed by atoms with Crippen molar-refractivity contribution in [3.63, 3.8) is 0 Å². The summed E-state index contributed by atoms with van der Waals surface area (Å²) in [5.74, 6) is 1.40. The molecule has 4 rings (SSSR count). The number of aryl methyl sites for hydroxylation is 1. The molecule has 2 atom stereocenters. The number of halogens is 1. The third-order valence-electron chi connectivity index (χ3n) is 5.40. The first-order valence-electron chi connectivity index (χ1n) is 10.1. The SMILES string of the molecule is Cc1ccc(NC(=O)Cn2nc3c(N4CC(C)CC(C)C4)nccn3c2=O)cc1Cl. The lowest BCUT2D eigenvalue weighted by Crippen LogP contribution is -2.39. The zero-order valence-corrected chi connectivity index (χ0v) is 18.1. The van der Waals surface area contributed by atoms with Crippen LogP contribution in [-0.4, -0.2) is 38.2 Å². The maximum absolute atomic E-state index is 12.8. The normalized spacial score (nSPS) is 19.3. The van der Waals surface area contributed by atoms with Gasteiger partial charge >= 0.3 is 5.69 Å². The van der Waals surface area contributed by atoms with Gasteiger partial charge in [0.05, 0.1) is 0 Å². The fourth-order valence-electron chi connectivity index (χ4n) is 4.10. The highest BCUT2D eigenvalue weighted by molar-refractivity contribution is 6.31. The summed E-state index contributed by atoms with van der Waals surface area (Å²) >= 11 is 6.11. The number of piperidine rings is 1. The molecule has 158 valence electrons. The summed E-state index contributed by atoms with van der Waals surface area (Å²) in [4.78, 5) is 32.0. The van der Waals surface area contributed by atoms with Gasteiger partial charge in [-0.2, -0.15) is 0 Å². The van der Waals surface area contributed by atoms with Gasteiger partial charge in [0.25, 0.3) is 0 Å². The van der Waals surface area contributed by atoms with Crippen molar-refractivity contribution in [2.75, 3.05) is 23.3 Å². The van der Waals surface area contributed by atoms with Crippen LogP contribution >= 0.6 is 11.6 Å². The largest absolute Gasteiger partial charge is 0.353 e. The van der Waals surface area contributed by atoms with Crippen LogP contribution < -0.4 is 15.9 Å². The molecule has 0 spiro atoms. The third-order valence-corrected chi connectivity index (χ3v) is 5.81. The number of carbonyl (C=O) groups is 1. The molecule has 30 heavy (non-hydrogen) atoms. The molecule has 9 heteroatoms. The number of nitrogens with one attached hydrogen (secondary N) is 1. The number of amides is 1. The Morgan fingerprint density at radius 3 is 2.70 bits per heavy atom. The molecule has 2 unspecified atom stereocenters. The second-order valence-corrected chi connectivity index (χ2v) is 8.66. The topological polar surface area (TPSA) is 84.5 Å². The van der Waals surface area contributed by atoms with E-state index < -0.39 is 0 Å². The maximum Gasteiger partial charge on any atom is 0.350 e. The molecule has 3 heterocycles. The number of hydrogen-bond acceptors (Lipinski definition) is 5. The first-order chi connectivity index (χ1) is 14.3. The average Bonchev–Trinajstić information content (AvgIpc) is 2.99. The van der Waals surface area contributed by atoms with Crippen LogP contribution in [0.4, 0.5) is 11.5 Å². The number of benzene rings is 1. The number of anilines is 2. The summed E-state index contributed by atoms with van der Waals surface area (Å²) in [7, 11) is 0. The standard InChI is InChI=1S/C21H25ClN6O2/c1-13-8-14(2)11-26(10-13)19-20-25-28(21(30)27(20)7-6-23-19)12-18(29)24-16-5-4-15(3)17(22)9-16/h4-7,9,13-14H,8,10-12H2,1-3H3,(H,24,29). The first-order valence-corrected chi connectivity index (χ1v) is 10.4. The Balaban J connectivity index is 1.59. The zero-order valence-electron chi connectivity index (χ0n) is 17.3. The number of rotatable bonds is 4. The predicted octanol–water partition coefficient (Wildman–Crippen LogP) is 2.97. The summed E-state index contributed by atoms with van der Waals surface area (Å²) in [6, 6.07) is 5.28. The lowest BCUT2D eigenvalue weighted by atomic mass is 9.92. The molecule has 1 amide bonds. The van der Waals surface area contributed by atoms with Gasteiger partial charge in [-0.25, -0.2) is 18.9 Å². The molecule has 1 aliphatic heterocycles. The Bertz CT molecular complexity index is 1140. The quantitative estimate of drug-likeness (QED) is 0.690. The molecule has 1 aliphatic rings. The van der Waals surface area contributed by atoms with E-state index in [9.17, 15) is 9.59 Å². The second-order valence-electron chi connectivity index (χ2n) is 8.25. The summed E-state index contributed by atoms with van der Waals surface area (Å²) in [5, 5.41) is 7.76. The van der Waals surface area contributed by atoms with Crippen molar-refractivity contribution in [1.82, 2.24) is 19.2 Å². The summed E-state index contributed by atoms with van der Waals surface area (Å²) in [5.41, 5.74) is 1.59. The molecule has 2 aromatic heterocycles. The van der Waals surface area contributed by atoms with Gasteiger partial charge in [-0.05, 0) is 42.9 Å². The van der Waals surface area contributed by atoms with Crippen LogP contribution in [0.25, 0.3) is 5.65 Å². The Morgan fingerprint density at radius 1 is 1.27 bits per heavy atom.